The number of H-pyrrole nitrogens is 1. The molecule has 1 aromatic carbocycles. The van der Waals surface area contributed by atoms with E-state index >= 15 is 0 Å². The fraction of sp³-hybridized carbons (Fsp3) is 0.429. The number of aromatic nitrogens is 1. The van der Waals surface area contributed by atoms with E-state index in [1.807, 2.05) is 37.3 Å². The van der Waals surface area contributed by atoms with Gasteiger partial charge in [0.2, 0.25) is 0 Å². The molecule has 1 aromatic heterocycles. The van der Waals surface area contributed by atoms with Crippen molar-refractivity contribution in [2.24, 2.45) is 11.8 Å². The lowest BCUT2D eigenvalue weighted by Crippen LogP contribution is -2.54. The molecular formula is C21H24N2O3. The molecule has 1 aliphatic heterocycles. The normalized spacial score (nSPS) is 27.9. The lowest BCUT2D eigenvalue weighted by atomic mass is 9.70. The summed E-state index contributed by atoms with van der Waals surface area (Å²) in [5, 5.41) is 1.07. The number of hydrogen-bond donors (Lipinski definition) is 1. The highest BCUT2D eigenvalue weighted by Gasteiger charge is 2.46. The van der Waals surface area contributed by atoms with Crippen molar-refractivity contribution in [2.45, 2.75) is 25.8 Å². The Morgan fingerprint density at radius 1 is 1.31 bits per heavy atom. The van der Waals surface area contributed by atoms with E-state index in [0.29, 0.717) is 18.5 Å². The van der Waals surface area contributed by atoms with E-state index in [4.69, 9.17) is 4.74 Å². The highest BCUT2D eigenvalue weighted by molar-refractivity contribution is 6.03. The standard InChI is InChI=1S/C21H24N2O3/c1-4-12-11-23(2)17-9-15-13-7-5-6-8-16(13)22-20(15)18(24)10-14(12)19(17)21(25)26-3/h4-8,14,17,19,22H,9-11H2,1-3H3/b12-4+/t14-,17-,19-/m0/s1. The summed E-state index contributed by atoms with van der Waals surface area (Å²) in [6.45, 7) is 2.76. The predicted octanol–water partition coefficient (Wildman–Crippen LogP) is 2.96. The summed E-state index contributed by atoms with van der Waals surface area (Å²) < 4.78 is 5.14. The third kappa shape index (κ3) is 2.50. The van der Waals surface area contributed by atoms with E-state index in [-0.39, 0.29) is 29.6 Å². The Bertz CT molecular complexity index is 911. The average molecular weight is 352 g/mol. The van der Waals surface area contributed by atoms with Gasteiger partial charge in [-0.05, 0) is 32.0 Å². The number of nitrogens with one attached hydrogen (secondary N) is 1. The highest BCUT2D eigenvalue weighted by Crippen LogP contribution is 2.41. The zero-order valence-electron chi connectivity index (χ0n) is 15.4. The molecule has 0 amide bonds. The molecule has 0 unspecified atom stereocenters. The minimum absolute atomic E-state index is 0.0159. The number of likely N-dealkylation sites (N-methyl/N-ethyl adjacent to an activating group) is 1. The molecule has 0 spiro atoms. The summed E-state index contributed by atoms with van der Waals surface area (Å²) in [7, 11) is 3.49. The first kappa shape index (κ1) is 17.0. The summed E-state index contributed by atoms with van der Waals surface area (Å²) >= 11 is 0. The minimum atomic E-state index is -0.323. The number of methoxy groups -OCH3 is 1. The topological polar surface area (TPSA) is 62.4 Å². The van der Waals surface area contributed by atoms with Crippen molar-refractivity contribution in [3.05, 3.63) is 47.2 Å². The molecule has 26 heavy (non-hydrogen) atoms. The van der Waals surface area contributed by atoms with Crippen molar-refractivity contribution in [2.75, 3.05) is 20.7 Å². The van der Waals surface area contributed by atoms with Crippen LogP contribution < -0.4 is 0 Å². The second-order valence-corrected chi connectivity index (χ2v) is 7.36. The van der Waals surface area contributed by atoms with Crippen LogP contribution in [-0.2, 0) is 16.0 Å². The number of rotatable bonds is 1. The zero-order chi connectivity index (χ0) is 18.4. The summed E-state index contributed by atoms with van der Waals surface area (Å²) in [4.78, 5) is 31.3. The molecule has 2 bridgehead atoms. The monoisotopic (exact) mass is 352 g/mol. The van der Waals surface area contributed by atoms with E-state index in [9.17, 15) is 9.59 Å². The van der Waals surface area contributed by atoms with Gasteiger partial charge < -0.3 is 9.72 Å². The van der Waals surface area contributed by atoms with Crippen LogP contribution in [0.5, 0.6) is 0 Å². The van der Waals surface area contributed by atoms with Crippen LogP contribution in [0.2, 0.25) is 0 Å². The second-order valence-electron chi connectivity index (χ2n) is 7.36. The van der Waals surface area contributed by atoms with Crippen molar-refractivity contribution in [1.82, 2.24) is 9.88 Å². The van der Waals surface area contributed by atoms with Crippen LogP contribution in [-0.4, -0.2) is 48.4 Å². The number of esters is 1. The number of carbonyl (C=O) groups excluding carboxylic acids is 2. The first-order valence-electron chi connectivity index (χ1n) is 9.11. The third-order valence-electron chi connectivity index (χ3n) is 6.08. The van der Waals surface area contributed by atoms with E-state index < -0.39 is 0 Å². The molecule has 4 rings (SSSR count). The number of fused-ring (bicyclic) bond motifs is 5. The summed E-state index contributed by atoms with van der Waals surface area (Å²) in [6, 6.07) is 8.02. The number of piperidine rings is 1. The van der Waals surface area contributed by atoms with Gasteiger partial charge in [-0.2, -0.15) is 0 Å². The molecule has 5 heteroatoms. The number of para-hydroxylation sites is 1. The van der Waals surface area contributed by atoms with Gasteiger partial charge in [0.05, 0.1) is 18.7 Å². The highest BCUT2D eigenvalue weighted by atomic mass is 16.5. The average Bonchev–Trinajstić information content (AvgIpc) is 3.01. The summed E-state index contributed by atoms with van der Waals surface area (Å²) in [5.41, 5.74) is 3.85. The molecule has 2 aromatic rings. The number of hydrogen-bond acceptors (Lipinski definition) is 4. The van der Waals surface area contributed by atoms with Crippen LogP contribution in [0.25, 0.3) is 10.9 Å². The number of aromatic amines is 1. The Morgan fingerprint density at radius 2 is 2.08 bits per heavy atom. The van der Waals surface area contributed by atoms with Crippen LogP contribution in [0.4, 0.5) is 0 Å². The third-order valence-corrected chi connectivity index (χ3v) is 6.08. The van der Waals surface area contributed by atoms with E-state index in [2.05, 4.69) is 16.9 Å². The van der Waals surface area contributed by atoms with Gasteiger partial charge in [0.25, 0.3) is 0 Å². The van der Waals surface area contributed by atoms with Crippen LogP contribution in [0.15, 0.2) is 35.9 Å². The fourth-order valence-corrected chi connectivity index (χ4v) is 4.76. The molecular weight excluding hydrogens is 328 g/mol. The van der Waals surface area contributed by atoms with E-state index in [1.165, 1.54) is 7.11 Å². The van der Waals surface area contributed by atoms with Gasteiger partial charge >= 0.3 is 5.97 Å². The second kappa shape index (κ2) is 6.40. The zero-order valence-corrected chi connectivity index (χ0v) is 15.4. The Kier molecular flexibility index (Phi) is 4.19. The van der Waals surface area contributed by atoms with Crippen LogP contribution in [0.1, 0.15) is 29.4 Å². The molecule has 1 N–H and O–H groups in total. The number of allylic oxidation sites excluding steroid dienone is 1. The molecule has 2 heterocycles. The molecule has 1 saturated heterocycles. The van der Waals surface area contributed by atoms with Crippen LogP contribution in [0.3, 0.4) is 0 Å². The molecule has 3 atom stereocenters. The number of likely N-dealkylation sites (tertiary alicyclic amines) is 1. The molecule has 5 nitrogen and oxygen atoms in total. The predicted molar refractivity (Wildman–Crippen MR) is 100 cm³/mol. The van der Waals surface area contributed by atoms with Gasteiger partial charge in [-0.25, -0.2) is 0 Å². The Labute approximate surface area is 153 Å². The minimum Gasteiger partial charge on any atom is -0.469 e. The van der Waals surface area contributed by atoms with Crippen molar-refractivity contribution < 1.29 is 14.3 Å². The van der Waals surface area contributed by atoms with Gasteiger partial charge in [-0.3, -0.25) is 14.5 Å². The van der Waals surface area contributed by atoms with Gasteiger partial charge in [-0.15, -0.1) is 0 Å². The summed E-state index contributed by atoms with van der Waals surface area (Å²) in [6.07, 6.45) is 3.05. The molecule has 1 aliphatic carbocycles. The molecule has 1 fully saturated rings. The molecule has 0 saturated carbocycles. The van der Waals surface area contributed by atoms with Crippen molar-refractivity contribution in [3.8, 4) is 0 Å². The van der Waals surface area contributed by atoms with Gasteiger partial charge in [-0.1, -0.05) is 29.8 Å². The van der Waals surface area contributed by atoms with Crippen molar-refractivity contribution >= 4 is 22.7 Å². The SMILES string of the molecule is C/C=C1\CN(C)[C@H]2Cc3c([nH]c4ccccc34)C(=O)C[C@@H]1[C@@H]2C(=O)OC. The maximum absolute atomic E-state index is 13.1. The first-order valence-corrected chi connectivity index (χ1v) is 9.11. The number of carbonyl (C=O) groups is 2. The van der Waals surface area contributed by atoms with E-state index in [1.54, 1.807) is 0 Å². The van der Waals surface area contributed by atoms with Gasteiger partial charge in [0.1, 0.15) is 0 Å². The molecule has 136 valence electrons. The Hall–Kier alpha value is -2.40. The lowest BCUT2D eigenvalue weighted by molar-refractivity contribution is -0.150. The van der Waals surface area contributed by atoms with Gasteiger partial charge in [0, 0.05) is 35.8 Å². The summed E-state index contributed by atoms with van der Waals surface area (Å²) in [5.74, 6) is -0.559. The van der Waals surface area contributed by atoms with Crippen molar-refractivity contribution in [1.29, 1.82) is 0 Å². The molecule has 2 aliphatic rings. The lowest BCUT2D eigenvalue weighted by Gasteiger charge is -2.45. The number of benzene rings is 1. The van der Waals surface area contributed by atoms with Gasteiger partial charge in [0.15, 0.2) is 5.78 Å². The fourth-order valence-electron chi connectivity index (χ4n) is 4.76. The number of ketones is 1. The number of ether oxygens (including phenoxy) is 1. The van der Waals surface area contributed by atoms with Crippen LogP contribution in [0, 0.1) is 11.8 Å². The number of Topliss-reactive ketones (excluding diaryl/α,β-unsaturated/α-hetero) is 1. The molecule has 0 radical (unpaired) electrons. The maximum atomic E-state index is 13.1. The quantitative estimate of drug-likeness (QED) is 0.633. The Morgan fingerprint density at radius 3 is 2.81 bits per heavy atom. The number of nitrogens with zero attached hydrogens (tertiary/aromatic N) is 1. The van der Waals surface area contributed by atoms with Crippen LogP contribution >= 0.6 is 0 Å². The maximum Gasteiger partial charge on any atom is 0.310 e. The first-order chi connectivity index (χ1) is 12.5. The van der Waals surface area contributed by atoms with E-state index in [0.717, 1.165) is 28.6 Å². The Balaban J connectivity index is 1.91. The largest absolute Gasteiger partial charge is 0.469 e. The smallest absolute Gasteiger partial charge is 0.310 e. The van der Waals surface area contributed by atoms with Crippen molar-refractivity contribution in [3.63, 3.8) is 0 Å².